The number of aromatic nitrogens is 1. The van der Waals surface area contributed by atoms with Crippen molar-refractivity contribution in [2.24, 2.45) is 0 Å². The fraction of sp³-hybridized carbons (Fsp3) is 0.381. The standard InChI is InChI=1S/C21H25N3O4S/c1-15-16(2)22-28-21(15)19-9-10-20(27-19)29(25,26)23(3)18-11-12-24(14-18)13-17-7-5-4-6-8-17/h4-10,18H,11-14H2,1-3H3/t18-/m0/s1. The van der Waals surface area contributed by atoms with Gasteiger partial charge in [-0.2, -0.15) is 4.31 Å². The SMILES string of the molecule is Cc1noc(-c2ccc(S(=O)(=O)N(C)[C@H]3CCN(Cc4ccccc4)C3)o2)c1C. The van der Waals surface area contributed by atoms with Crippen LogP contribution in [0, 0.1) is 13.8 Å². The van der Waals surface area contributed by atoms with Gasteiger partial charge in [-0.15, -0.1) is 0 Å². The summed E-state index contributed by atoms with van der Waals surface area (Å²) in [6.45, 7) is 6.07. The normalized spacial score (nSPS) is 18.0. The Bertz CT molecular complexity index is 1090. The zero-order valence-corrected chi connectivity index (χ0v) is 17.6. The molecule has 1 saturated heterocycles. The third kappa shape index (κ3) is 3.88. The van der Waals surface area contributed by atoms with Gasteiger partial charge in [-0.1, -0.05) is 35.5 Å². The second-order valence-electron chi connectivity index (χ2n) is 7.53. The first-order valence-corrected chi connectivity index (χ1v) is 11.1. The highest BCUT2D eigenvalue weighted by Crippen LogP contribution is 2.31. The van der Waals surface area contributed by atoms with Crippen molar-refractivity contribution in [1.29, 1.82) is 0 Å². The third-order valence-corrected chi connectivity index (χ3v) is 7.39. The van der Waals surface area contributed by atoms with Crippen molar-refractivity contribution < 1.29 is 17.4 Å². The Labute approximate surface area is 170 Å². The molecule has 3 aromatic rings. The van der Waals surface area contributed by atoms with E-state index in [1.54, 1.807) is 13.1 Å². The molecule has 3 heterocycles. The average Bonchev–Trinajstić information content (AvgIpc) is 3.44. The molecule has 0 spiro atoms. The zero-order chi connectivity index (χ0) is 20.6. The Hall–Kier alpha value is -2.42. The minimum absolute atomic E-state index is 0.0787. The van der Waals surface area contributed by atoms with Crippen LogP contribution in [0.4, 0.5) is 0 Å². The molecule has 29 heavy (non-hydrogen) atoms. The van der Waals surface area contributed by atoms with Crippen molar-refractivity contribution in [3.05, 3.63) is 59.3 Å². The molecule has 0 N–H and O–H groups in total. The van der Waals surface area contributed by atoms with Gasteiger partial charge in [0, 0.05) is 38.3 Å². The van der Waals surface area contributed by atoms with Gasteiger partial charge < -0.3 is 8.94 Å². The van der Waals surface area contributed by atoms with Crippen LogP contribution in [-0.4, -0.2) is 49.0 Å². The van der Waals surface area contributed by atoms with Crippen LogP contribution in [0.1, 0.15) is 23.2 Å². The van der Waals surface area contributed by atoms with Gasteiger partial charge in [0.1, 0.15) is 0 Å². The maximum Gasteiger partial charge on any atom is 0.276 e. The molecule has 8 heteroatoms. The van der Waals surface area contributed by atoms with Gasteiger partial charge in [0.2, 0.25) is 10.9 Å². The number of aryl methyl sites for hydroxylation is 1. The number of rotatable bonds is 6. The molecule has 0 unspecified atom stereocenters. The minimum atomic E-state index is -3.73. The first-order chi connectivity index (χ1) is 13.9. The second kappa shape index (κ2) is 7.78. The summed E-state index contributed by atoms with van der Waals surface area (Å²) in [5.41, 5.74) is 2.82. The predicted molar refractivity (Wildman–Crippen MR) is 109 cm³/mol. The highest BCUT2D eigenvalue weighted by Gasteiger charge is 2.35. The Kier molecular flexibility index (Phi) is 5.33. The van der Waals surface area contributed by atoms with E-state index in [-0.39, 0.29) is 11.1 Å². The lowest BCUT2D eigenvalue weighted by Gasteiger charge is -2.23. The summed E-state index contributed by atoms with van der Waals surface area (Å²) >= 11 is 0. The Morgan fingerprint density at radius 1 is 1.17 bits per heavy atom. The summed E-state index contributed by atoms with van der Waals surface area (Å²) in [5, 5.41) is 3.83. The van der Waals surface area contributed by atoms with Gasteiger partial charge >= 0.3 is 0 Å². The monoisotopic (exact) mass is 415 g/mol. The van der Waals surface area contributed by atoms with Crippen molar-refractivity contribution in [1.82, 2.24) is 14.4 Å². The van der Waals surface area contributed by atoms with E-state index in [1.807, 2.05) is 32.0 Å². The van der Waals surface area contributed by atoms with Crippen LogP contribution < -0.4 is 0 Å². The van der Waals surface area contributed by atoms with E-state index >= 15 is 0 Å². The third-order valence-electron chi connectivity index (χ3n) is 5.61. The summed E-state index contributed by atoms with van der Waals surface area (Å²) in [5.74, 6) is 0.828. The molecule has 0 saturated carbocycles. The number of nitrogens with zero attached hydrogens (tertiary/aromatic N) is 3. The smallest absolute Gasteiger partial charge is 0.276 e. The first kappa shape index (κ1) is 19.9. The van der Waals surface area contributed by atoms with Gasteiger partial charge in [-0.05, 0) is 38.0 Å². The van der Waals surface area contributed by atoms with Crippen molar-refractivity contribution in [2.75, 3.05) is 20.1 Å². The molecule has 0 aliphatic carbocycles. The largest absolute Gasteiger partial charge is 0.440 e. The van der Waals surface area contributed by atoms with Gasteiger partial charge in [0.05, 0.1) is 5.69 Å². The van der Waals surface area contributed by atoms with Crippen molar-refractivity contribution >= 4 is 10.0 Å². The van der Waals surface area contributed by atoms with Crippen LogP contribution in [-0.2, 0) is 16.6 Å². The second-order valence-corrected chi connectivity index (χ2v) is 9.45. The summed E-state index contributed by atoms with van der Waals surface area (Å²) in [7, 11) is -2.11. The molecule has 0 amide bonds. The van der Waals surface area contributed by atoms with Crippen LogP contribution in [0.25, 0.3) is 11.5 Å². The number of hydrogen-bond donors (Lipinski definition) is 0. The summed E-state index contributed by atoms with van der Waals surface area (Å²) in [6, 6.07) is 13.2. The molecule has 4 rings (SSSR count). The lowest BCUT2D eigenvalue weighted by molar-refractivity contribution is 0.295. The van der Waals surface area contributed by atoms with E-state index in [0.29, 0.717) is 18.1 Å². The molecule has 0 bridgehead atoms. The summed E-state index contributed by atoms with van der Waals surface area (Å²) in [4.78, 5) is 2.28. The highest BCUT2D eigenvalue weighted by atomic mass is 32.2. The van der Waals surface area contributed by atoms with E-state index in [1.165, 1.54) is 15.9 Å². The van der Waals surface area contributed by atoms with Crippen molar-refractivity contribution in [3.63, 3.8) is 0 Å². The lowest BCUT2D eigenvalue weighted by Crippen LogP contribution is -2.38. The van der Waals surface area contributed by atoms with Gasteiger partial charge in [-0.3, -0.25) is 4.90 Å². The molecule has 1 fully saturated rings. The van der Waals surface area contributed by atoms with Gasteiger partial charge in [-0.25, -0.2) is 8.42 Å². The number of benzene rings is 1. The molecule has 7 nitrogen and oxygen atoms in total. The molecule has 1 aromatic carbocycles. The van der Waals surface area contributed by atoms with Crippen LogP contribution in [0.15, 0.2) is 56.5 Å². The Balaban J connectivity index is 1.47. The van der Waals surface area contributed by atoms with Crippen LogP contribution in [0.5, 0.6) is 0 Å². The molecule has 0 radical (unpaired) electrons. The van der Waals surface area contributed by atoms with Crippen LogP contribution in [0.2, 0.25) is 0 Å². The molecular formula is C21H25N3O4S. The van der Waals surface area contributed by atoms with Crippen LogP contribution >= 0.6 is 0 Å². The molecule has 1 aliphatic heterocycles. The van der Waals surface area contributed by atoms with Gasteiger partial charge in [0.25, 0.3) is 10.0 Å². The molecule has 1 atom stereocenters. The first-order valence-electron chi connectivity index (χ1n) is 9.63. The van der Waals surface area contributed by atoms with Crippen LogP contribution in [0.3, 0.4) is 0 Å². The average molecular weight is 416 g/mol. The van der Waals surface area contributed by atoms with Crippen molar-refractivity contribution in [3.8, 4) is 11.5 Å². The van der Waals surface area contributed by atoms with Gasteiger partial charge in [0.15, 0.2) is 5.76 Å². The maximum atomic E-state index is 13.1. The summed E-state index contributed by atoms with van der Waals surface area (Å²) < 4.78 is 38.5. The minimum Gasteiger partial charge on any atom is -0.440 e. The van der Waals surface area contributed by atoms with E-state index in [9.17, 15) is 8.42 Å². The molecule has 2 aromatic heterocycles. The maximum absolute atomic E-state index is 13.1. The number of sulfonamides is 1. The predicted octanol–water partition coefficient (Wildman–Crippen LogP) is 3.45. The van der Waals surface area contributed by atoms with Crippen molar-refractivity contribution in [2.45, 2.75) is 37.9 Å². The summed E-state index contributed by atoms with van der Waals surface area (Å²) in [6.07, 6.45) is 0.788. The number of likely N-dealkylation sites (tertiary alicyclic amines) is 1. The Morgan fingerprint density at radius 3 is 2.62 bits per heavy atom. The quantitative estimate of drug-likeness (QED) is 0.614. The Morgan fingerprint density at radius 2 is 1.93 bits per heavy atom. The fourth-order valence-corrected chi connectivity index (χ4v) is 4.94. The highest BCUT2D eigenvalue weighted by molar-refractivity contribution is 7.89. The number of hydrogen-bond acceptors (Lipinski definition) is 6. The number of furan rings is 1. The molecular weight excluding hydrogens is 390 g/mol. The van der Waals surface area contributed by atoms with E-state index < -0.39 is 10.0 Å². The molecule has 154 valence electrons. The van der Waals surface area contributed by atoms with E-state index in [4.69, 9.17) is 8.94 Å². The van der Waals surface area contributed by atoms with E-state index in [2.05, 4.69) is 22.2 Å². The zero-order valence-electron chi connectivity index (χ0n) is 16.8. The topological polar surface area (TPSA) is 79.8 Å². The van der Waals surface area contributed by atoms with E-state index in [0.717, 1.165) is 30.8 Å². The lowest BCUT2D eigenvalue weighted by atomic mass is 10.2. The number of likely N-dealkylation sites (N-methyl/N-ethyl adjacent to an activating group) is 1. The fourth-order valence-electron chi connectivity index (χ4n) is 3.66. The molecule has 1 aliphatic rings.